The van der Waals surface area contributed by atoms with Gasteiger partial charge in [0.15, 0.2) is 24.8 Å². The standard InChI is InChI=1S/C99H185N11O27/c1-22-29-30-31-32-33-34-35-36-37-38-39-40-41-42-43-44-45-46-50-55-72(109-73(111)56-57-74(112)110(65(8)103-84(120)81-77(115)75(113)79(117)86(122)130-81)66(9)104-85(121)82-78(116)76(114)80(118)87(123)131-82)83(119)100-58-51-48-47-49-54-67(63-101-88(124)132-98(18,19)61-70(52-23-2)107-92(128)136-96(14,15)59-68(25-4)105-90(126)134-94(10,11)27-6)64-102-89(125)133-99(20,21)62-71(53-24-3)108-93(129)137-97(16,17)60-69(26-5)106-91(127)135-95(12,13)28-7/h65-72,75-82,86-87,113-118,122-123H,22-64H2,1-21H3,(H,100,119)(H,101,124)(H,102,125)(H,103,120)(H,104,121)(H,105,126)(H,106,127)(H,107,128)(H,108,129)(H,109,111). The third-order valence-electron chi connectivity index (χ3n) is 25.4. The number of unbranched alkanes of at least 4 members (excludes halogenated alkanes) is 22. The van der Waals surface area contributed by atoms with E-state index in [1.807, 2.05) is 69.2 Å². The third-order valence-corrected chi connectivity index (χ3v) is 25.4. The van der Waals surface area contributed by atoms with Crippen molar-refractivity contribution >= 4 is 66.1 Å². The number of ether oxygens (including phenoxy) is 8. The molecule has 2 aliphatic heterocycles. The van der Waals surface area contributed by atoms with E-state index in [0.717, 1.165) is 43.4 Å². The summed E-state index contributed by atoms with van der Waals surface area (Å²) >= 11 is 0. The molecule has 11 amide bonds. The van der Waals surface area contributed by atoms with Gasteiger partial charge in [-0.1, -0.05) is 209 Å². The molecule has 0 spiro atoms. The van der Waals surface area contributed by atoms with Crippen LogP contribution in [0.5, 0.6) is 0 Å². The van der Waals surface area contributed by atoms with Crippen molar-refractivity contribution in [3.8, 4) is 0 Å². The molecule has 38 heteroatoms. The van der Waals surface area contributed by atoms with Gasteiger partial charge in [0, 0.05) is 82.3 Å². The minimum atomic E-state index is -2.12. The number of nitrogens with one attached hydrogen (secondary N) is 10. The lowest BCUT2D eigenvalue weighted by atomic mass is 9.95. The maximum absolute atomic E-state index is 14.5. The molecular weight excluding hydrogens is 1780 g/mol. The van der Waals surface area contributed by atoms with Crippen molar-refractivity contribution in [2.75, 3.05) is 19.6 Å². The molecule has 2 aliphatic rings. The molecule has 2 rings (SSSR count). The van der Waals surface area contributed by atoms with Crippen LogP contribution in [0.3, 0.4) is 0 Å². The molecule has 17 unspecified atom stereocenters. The van der Waals surface area contributed by atoms with Gasteiger partial charge in [0.05, 0.1) is 0 Å². The first-order valence-corrected chi connectivity index (χ1v) is 51.4. The van der Waals surface area contributed by atoms with Crippen LogP contribution in [0.1, 0.15) is 402 Å². The van der Waals surface area contributed by atoms with E-state index in [0.29, 0.717) is 103 Å². The van der Waals surface area contributed by atoms with Gasteiger partial charge in [-0.15, -0.1) is 0 Å². The maximum Gasteiger partial charge on any atom is 0.407 e. The van der Waals surface area contributed by atoms with Crippen molar-refractivity contribution < 1.29 is 131 Å². The number of alkyl carbamates (subject to hydrolysis) is 6. The second kappa shape index (κ2) is 64.9. The van der Waals surface area contributed by atoms with E-state index in [4.69, 9.17) is 37.9 Å². The molecule has 0 bridgehead atoms. The summed E-state index contributed by atoms with van der Waals surface area (Å²) in [4.78, 5) is 152. The fraction of sp³-hybridized carbons (Fsp3) is 0.889. The molecule has 137 heavy (non-hydrogen) atoms. The zero-order valence-electron chi connectivity index (χ0n) is 87.1. The lowest BCUT2D eigenvalue weighted by molar-refractivity contribution is -0.276. The van der Waals surface area contributed by atoms with Crippen molar-refractivity contribution in [1.29, 1.82) is 0 Å². The monoisotopic (exact) mass is 1960 g/mol. The number of nitrogens with zero attached hydrogens (tertiary/aromatic N) is 1. The van der Waals surface area contributed by atoms with Crippen molar-refractivity contribution in [3.05, 3.63) is 0 Å². The highest BCUT2D eigenvalue weighted by Gasteiger charge is 2.49. The Kier molecular flexibility index (Phi) is 59.5. The van der Waals surface area contributed by atoms with Crippen LogP contribution in [0.15, 0.2) is 0 Å². The van der Waals surface area contributed by atoms with Gasteiger partial charge in [0.2, 0.25) is 17.7 Å². The minimum absolute atomic E-state index is 0.0427. The van der Waals surface area contributed by atoms with Crippen LogP contribution >= 0.6 is 0 Å². The molecule has 0 saturated carbocycles. The van der Waals surface area contributed by atoms with Crippen LogP contribution in [0.25, 0.3) is 0 Å². The molecule has 17 atom stereocenters. The van der Waals surface area contributed by atoms with Crippen LogP contribution < -0.4 is 53.2 Å². The number of hydrogen-bond donors (Lipinski definition) is 18. The quantitative estimate of drug-likeness (QED) is 0.0153. The molecule has 2 fully saturated rings. The molecule has 0 aromatic heterocycles. The first-order valence-electron chi connectivity index (χ1n) is 51.4. The van der Waals surface area contributed by atoms with E-state index in [1.54, 1.807) is 55.4 Å². The summed E-state index contributed by atoms with van der Waals surface area (Å²) in [5, 5.41) is 111. The average molecular weight is 1960 g/mol. The number of rotatable bonds is 69. The van der Waals surface area contributed by atoms with Gasteiger partial charge in [0.25, 0.3) is 11.8 Å². The van der Waals surface area contributed by atoms with E-state index >= 15 is 0 Å². The highest BCUT2D eigenvalue weighted by molar-refractivity contribution is 5.90. The van der Waals surface area contributed by atoms with E-state index in [1.165, 1.54) is 97.3 Å². The van der Waals surface area contributed by atoms with E-state index in [2.05, 4.69) is 60.1 Å². The summed E-state index contributed by atoms with van der Waals surface area (Å²) in [5.41, 5.74) is -5.62. The molecule has 0 aliphatic carbocycles. The Morgan fingerprint density at radius 2 is 0.628 bits per heavy atom. The number of carbonyl (C=O) groups is 11. The lowest BCUT2D eigenvalue weighted by Gasteiger charge is -2.41. The number of aliphatic hydroxyl groups excluding tert-OH is 8. The zero-order chi connectivity index (χ0) is 103. The van der Waals surface area contributed by atoms with Crippen molar-refractivity contribution in [2.24, 2.45) is 5.92 Å². The number of amides is 11. The summed E-state index contributed by atoms with van der Waals surface area (Å²) in [6.07, 6.45) is 3.56. The largest absolute Gasteiger partial charge is 0.444 e. The summed E-state index contributed by atoms with van der Waals surface area (Å²) in [5.74, 6) is -4.89. The zero-order valence-corrected chi connectivity index (χ0v) is 87.1. The Hall–Kier alpha value is -7.43. The molecule has 2 heterocycles. The molecule has 0 aromatic rings. The van der Waals surface area contributed by atoms with Crippen LogP contribution in [0.2, 0.25) is 0 Å². The summed E-state index contributed by atoms with van der Waals surface area (Å²) in [7, 11) is 0. The maximum atomic E-state index is 14.5. The van der Waals surface area contributed by atoms with Crippen LogP contribution in [0, 0.1) is 5.92 Å². The first kappa shape index (κ1) is 126. The van der Waals surface area contributed by atoms with Crippen molar-refractivity contribution in [3.63, 3.8) is 0 Å². The fourth-order valence-electron chi connectivity index (χ4n) is 16.9. The Morgan fingerprint density at radius 1 is 0.321 bits per heavy atom. The summed E-state index contributed by atoms with van der Waals surface area (Å²) in [6, 6.07) is -2.75. The molecule has 798 valence electrons. The lowest BCUT2D eigenvalue weighted by Crippen LogP contribution is -2.66. The second-order valence-corrected chi connectivity index (χ2v) is 41.4. The molecule has 0 radical (unpaired) electrons. The molecule has 2 saturated heterocycles. The topological polar surface area (TPSA) is 547 Å². The van der Waals surface area contributed by atoms with Gasteiger partial charge < -0.3 is 137 Å². The predicted octanol–water partition coefficient (Wildman–Crippen LogP) is 12.8. The van der Waals surface area contributed by atoms with Crippen LogP contribution in [-0.2, 0) is 61.9 Å². The van der Waals surface area contributed by atoms with Gasteiger partial charge in [-0.05, 0) is 161 Å². The fourth-order valence-corrected chi connectivity index (χ4v) is 16.9. The normalized spacial score (nSPS) is 20.6. The number of carbonyl (C=O) groups excluding carboxylic acids is 11. The van der Waals surface area contributed by atoms with Crippen molar-refractivity contribution in [2.45, 2.75) is 540 Å². The Labute approximate surface area is 817 Å². The minimum Gasteiger partial charge on any atom is -0.444 e. The SMILES string of the molecule is CCCCCCCCCCCCCCCCCCCCCCC(NC(=O)CCC(=O)N(C(C)NC(=O)C1OC(O)C(O)C(O)C1O)C(C)NC(=O)C1OC(O)C(O)C(O)C1O)C(=O)NCCCCCCC(CNC(=O)OC(C)(C)CC(CCC)NC(=O)OC(C)(C)CC(CC)NC(=O)OC(C)(C)CC)CNC(=O)OC(C)(C)CC(CCC)NC(=O)OC(C)(C)CC(CC)NC(=O)OC(C)(C)CC. The number of hydrogen-bond acceptors (Lipinski definition) is 27. The summed E-state index contributed by atoms with van der Waals surface area (Å²) in [6.45, 7) is 37.9. The van der Waals surface area contributed by atoms with Gasteiger partial charge in [-0.2, -0.15) is 0 Å². The second-order valence-electron chi connectivity index (χ2n) is 41.4. The average Bonchev–Trinajstić information content (AvgIpc) is 0.801. The molecule has 18 N–H and O–H groups in total. The predicted molar refractivity (Wildman–Crippen MR) is 520 cm³/mol. The molecule has 0 aromatic carbocycles. The van der Waals surface area contributed by atoms with Crippen LogP contribution in [0.4, 0.5) is 28.8 Å². The van der Waals surface area contributed by atoms with Gasteiger partial charge >= 0.3 is 36.6 Å². The Bertz CT molecular complexity index is 3340. The first-order chi connectivity index (χ1) is 64.2. The van der Waals surface area contributed by atoms with Gasteiger partial charge in [-0.25, -0.2) is 28.8 Å². The van der Waals surface area contributed by atoms with Crippen LogP contribution in [-0.4, -0.2) is 269 Å². The summed E-state index contributed by atoms with van der Waals surface area (Å²) < 4.78 is 45.4. The Balaban J connectivity index is 2.40. The van der Waals surface area contributed by atoms with E-state index in [-0.39, 0.29) is 51.0 Å². The molecule has 38 nitrogen and oxygen atoms in total. The van der Waals surface area contributed by atoms with Gasteiger partial charge in [-0.3, -0.25) is 24.0 Å². The van der Waals surface area contributed by atoms with E-state index in [9.17, 15) is 93.6 Å². The highest BCUT2D eigenvalue weighted by Crippen LogP contribution is 2.30. The number of aliphatic hydroxyl groups is 8. The highest BCUT2D eigenvalue weighted by atomic mass is 16.7. The van der Waals surface area contributed by atoms with Gasteiger partial charge in [0.1, 0.15) is 88.6 Å². The smallest absolute Gasteiger partial charge is 0.407 e. The molecular formula is C99H185N11O27. The Morgan fingerprint density at radius 3 is 0.964 bits per heavy atom. The van der Waals surface area contributed by atoms with Crippen molar-refractivity contribution in [1.82, 2.24) is 58.1 Å². The van der Waals surface area contributed by atoms with E-state index < -0.39 is 210 Å². The third kappa shape index (κ3) is 52.8.